The highest BCUT2D eigenvalue weighted by Crippen LogP contribution is 2.38. The van der Waals surface area contributed by atoms with Crippen molar-refractivity contribution in [3.05, 3.63) is 68.0 Å². The van der Waals surface area contributed by atoms with Gasteiger partial charge in [0.15, 0.2) is 5.75 Å². The summed E-state index contributed by atoms with van der Waals surface area (Å²) in [4.78, 5) is 26.2. The molecule has 0 saturated carbocycles. The standard InChI is InChI=1S/C22H18Cl2N2O4S/c1-29-8-4-7-26-21(27)19(31-22(26)28)11-14-9-17(23)20(18(24)10-14)30-13-16-6-3-2-5-15(16)12-25/h2-3,5-6,9-11H,4,7-8,13H2,1H3/b19-11+. The van der Waals surface area contributed by atoms with Crippen LogP contribution in [0.15, 0.2) is 41.3 Å². The molecular weight excluding hydrogens is 459 g/mol. The molecule has 1 heterocycles. The Labute approximate surface area is 194 Å². The van der Waals surface area contributed by atoms with E-state index in [9.17, 15) is 14.9 Å². The van der Waals surface area contributed by atoms with E-state index in [1.165, 1.54) is 4.90 Å². The van der Waals surface area contributed by atoms with E-state index in [2.05, 4.69) is 6.07 Å². The Hall–Kier alpha value is -2.50. The zero-order valence-corrected chi connectivity index (χ0v) is 18.9. The summed E-state index contributed by atoms with van der Waals surface area (Å²) in [7, 11) is 1.57. The number of imide groups is 1. The summed E-state index contributed by atoms with van der Waals surface area (Å²) in [6.07, 6.45) is 2.15. The normalized spacial score (nSPS) is 14.9. The average molecular weight is 477 g/mol. The number of amides is 2. The zero-order valence-electron chi connectivity index (χ0n) is 16.6. The minimum Gasteiger partial charge on any atom is -0.486 e. The zero-order chi connectivity index (χ0) is 22.4. The molecule has 9 heteroatoms. The van der Waals surface area contributed by atoms with Crippen molar-refractivity contribution in [2.45, 2.75) is 13.0 Å². The van der Waals surface area contributed by atoms with Crippen molar-refractivity contribution in [2.75, 3.05) is 20.3 Å². The van der Waals surface area contributed by atoms with Gasteiger partial charge in [0.1, 0.15) is 6.61 Å². The molecule has 1 saturated heterocycles. The van der Waals surface area contributed by atoms with Crippen molar-refractivity contribution < 1.29 is 19.1 Å². The summed E-state index contributed by atoms with van der Waals surface area (Å²) in [6, 6.07) is 12.4. The van der Waals surface area contributed by atoms with E-state index < -0.39 is 0 Å². The first-order valence-electron chi connectivity index (χ1n) is 9.28. The van der Waals surface area contributed by atoms with Gasteiger partial charge in [0, 0.05) is 25.8 Å². The lowest BCUT2D eigenvalue weighted by molar-refractivity contribution is -0.122. The molecule has 0 unspecified atom stereocenters. The summed E-state index contributed by atoms with van der Waals surface area (Å²) in [5, 5.41) is 9.38. The molecule has 2 aromatic rings. The number of thioether (sulfide) groups is 1. The molecule has 1 aliphatic heterocycles. The van der Waals surface area contributed by atoms with Crippen LogP contribution in [-0.4, -0.2) is 36.3 Å². The van der Waals surface area contributed by atoms with Crippen LogP contribution < -0.4 is 4.74 Å². The van der Waals surface area contributed by atoms with Crippen molar-refractivity contribution in [3.63, 3.8) is 0 Å². The number of nitrogens with zero attached hydrogens (tertiary/aromatic N) is 2. The van der Waals surface area contributed by atoms with Gasteiger partial charge < -0.3 is 9.47 Å². The van der Waals surface area contributed by atoms with Crippen LogP contribution in [0, 0.1) is 11.3 Å². The van der Waals surface area contributed by atoms with E-state index in [4.69, 9.17) is 32.7 Å². The molecule has 31 heavy (non-hydrogen) atoms. The number of halogens is 2. The molecule has 0 aliphatic carbocycles. The molecule has 3 rings (SSSR count). The van der Waals surface area contributed by atoms with E-state index in [1.54, 1.807) is 43.5 Å². The fourth-order valence-electron chi connectivity index (χ4n) is 2.92. The van der Waals surface area contributed by atoms with Gasteiger partial charge in [-0.25, -0.2) is 0 Å². The SMILES string of the molecule is COCCCN1C(=O)S/C(=C/c2cc(Cl)c(OCc3ccccc3C#N)c(Cl)c2)C1=O. The number of nitriles is 1. The predicted molar refractivity (Wildman–Crippen MR) is 121 cm³/mol. The molecule has 2 aromatic carbocycles. The lowest BCUT2D eigenvalue weighted by Gasteiger charge is -2.12. The van der Waals surface area contributed by atoms with Gasteiger partial charge in [0.2, 0.25) is 0 Å². The smallest absolute Gasteiger partial charge is 0.293 e. The van der Waals surface area contributed by atoms with E-state index in [0.717, 1.165) is 11.8 Å². The third-order valence-electron chi connectivity index (χ3n) is 4.43. The molecule has 0 N–H and O–H groups in total. The lowest BCUT2D eigenvalue weighted by atomic mass is 10.1. The first-order valence-corrected chi connectivity index (χ1v) is 10.9. The predicted octanol–water partition coefficient (Wildman–Crippen LogP) is 5.52. The third-order valence-corrected chi connectivity index (χ3v) is 5.90. The molecule has 2 amide bonds. The summed E-state index contributed by atoms with van der Waals surface area (Å²) in [6.45, 7) is 0.892. The average Bonchev–Trinajstić information content (AvgIpc) is 3.01. The van der Waals surface area contributed by atoms with Gasteiger partial charge in [0.25, 0.3) is 11.1 Å². The second kappa shape index (κ2) is 10.7. The van der Waals surface area contributed by atoms with Crippen molar-refractivity contribution in [2.24, 2.45) is 0 Å². The number of rotatable bonds is 8. The number of carbonyl (C=O) groups excluding carboxylic acids is 2. The molecular formula is C22H18Cl2N2O4S. The number of hydrogen-bond donors (Lipinski definition) is 0. The molecule has 0 atom stereocenters. The second-order valence-corrected chi connectivity index (χ2v) is 8.36. The maximum absolute atomic E-state index is 12.5. The fourth-order valence-corrected chi connectivity index (χ4v) is 4.40. The van der Waals surface area contributed by atoms with E-state index in [0.29, 0.717) is 41.2 Å². The number of ether oxygens (including phenoxy) is 2. The topological polar surface area (TPSA) is 79.6 Å². The van der Waals surface area contributed by atoms with Gasteiger partial charge in [-0.3, -0.25) is 14.5 Å². The summed E-state index contributed by atoms with van der Waals surface area (Å²) >= 11 is 13.6. The Morgan fingerprint density at radius 1 is 1.19 bits per heavy atom. The Morgan fingerprint density at radius 3 is 2.58 bits per heavy atom. The summed E-state index contributed by atoms with van der Waals surface area (Å²) in [5.41, 5.74) is 1.79. The van der Waals surface area contributed by atoms with Gasteiger partial charge in [-0.1, -0.05) is 41.4 Å². The maximum Gasteiger partial charge on any atom is 0.293 e. The second-order valence-electron chi connectivity index (χ2n) is 6.55. The first kappa shape index (κ1) is 23.2. The van der Waals surface area contributed by atoms with Gasteiger partial charge in [-0.2, -0.15) is 5.26 Å². The fraction of sp³-hybridized carbons (Fsp3) is 0.227. The Balaban J connectivity index is 1.75. The molecule has 0 spiro atoms. The van der Waals surface area contributed by atoms with E-state index >= 15 is 0 Å². The van der Waals surface area contributed by atoms with Crippen molar-refractivity contribution >= 4 is 52.2 Å². The number of hydrogen-bond acceptors (Lipinski definition) is 6. The van der Waals surface area contributed by atoms with Crippen LogP contribution in [-0.2, 0) is 16.1 Å². The minimum absolute atomic E-state index is 0.128. The monoisotopic (exact) mass is 476 g/mol. The largest absolute Gasteiger partial charge is 0.486 e. The lowest BCUT2D eigenvalue weighted by Crippen LogP contribution is -2.29. The highest BCUT2D eigenvalue weighted by Gasteiger charge is 2.34. The minimum atomic E-state index is -0.355. The maximum atomic E-state index is 12.5. The highest BCUT2D eigenvalue weighted by atomic mass is 35.5. The molecule has 1 aliphatic rings. The molecule has 0 bridgehead atoms. The first-order chi connectivity index (χ1) is 14.9. The summed E-state index contributed by atoms with van der Waals surface area (Å²) in [5.74, 6) is -0.0762. The van der Waals surface area contributed by atoms with Gasteiger partial charge in [-0.05, 0) is 48.0 Å². The van der Waals surface area contributed by atoms with Crippen molar-refractivity contribution in [1.82, 2.24) is 4.90 Å². The number of benzene rings is 2. The number of carbonyl (C=O) groups is 2. The molecule has 1 fully saturated rings. The number of methoxy groups -OCH3 is 1. The van der Waals surface area contributed by atoms with Crippen LogP contribution in [0.5, 0.6) is 5.75 Å². The van der Waals surface area contributed by atoms with Gasteiger partial charge in [0.05, 0.1) is 26.6 Å². The quantitative estimate of drug-likeness (QED) is 0.368. The van der Waals surface area contributed by atoms with Gasteiger partial charge in [-0.15, -0.1) is 0 Å². The van der Waals surface area contributed by atoms with Gasteiger partial charge >= 0.3 is 0 Å². The van der Waals surface area contributed by atoms with Crippen LogP contribution in [0.1, 0.15) is 23.1 Å². The van der Waals surface area contributed by atoms with E-state index in [1.807, 2.05) is 6.07 Å². The van der Waals surface area contributed by atoms with Crippen LogP contribution in [0.3, 0.4) is 0 Å². The third kappa shape index (κ3) is 5.60. The van der Waals surface area contributed by atoms with Crippen LogP contribution in [0.2, 0.25) is 10.0 Å². The van der Waals surface area contributed by atoms with Crippen LogP contribution in [0.25, 0.3) is 6.08 Å². The Bertz CT molecular complexity index is 1060. The van der Waals surface area contributed by atoms with E-state index in [-0.39, 0.29) is 33.5 Å². The molecule has 160 valence electrons. The highest BCUT2D eigenvalue weighted by molar-refractivity contribution is 8.18. The van der Waals surface area contributed by atoms with Crippen LogP contribution in [0.4, 0.5) is 4.79 Å². The molecule has 0 radical (unpaired) electrons. The van der Waals surface area contributed by atoms with Crippen molar-refractivity contribution in [3.8, 4) is 11.8 Å². The Morgan fingerprint density at radius 2 is 1.90 bits per heavy atom. The molecule has 0 aromatic heterocycles. The summed E-state index contributed by atoms with van der Waals surface area (Å²) < 4.78 is 10.7. The Kier molecular flexibility index (Phi) is 7.99. The van der Waals surface area contributed by atoms with Crippen molar-refractivity contribution in [1.29, 1.82) is 5.26 Å². The van der Waals surface area contributed by atoms with Crippen LogP contribution >= 0.6 is 35.0 Å². The molecule has 6 nitrogen and oxygen atoms in total.